The molecule has 0 aliphatic carbocycles. The molecular formula is C10H15N3O2S. The molecule has 5 nitrogen and oxygen atoms in total. The van der Waals surface area contributed by atoms with E-state index in [1.165, 1.54) is 11.3 Å². The second-order valence-corrected chi connectivity index (χ2v) is 5.13. The number of nitrogens with zero attached hydrogens (tertiary/aromatic N) is 3. The molecule has 0 bridgehead atoms. The number of carboxylic acids is 1. The van der Waals surface area contributed by atoms with Gasteiger partial charge in [-0.05, 0) is 7.05 Å². The molecule has 1 aromatic rings. The molecule has 2 rings (SSSR count). The third-order valence-corrected chi connectivity index (χ3v) is 3.68. The Morgan fingerprint density at radius 2 is 2.19 bits per heavy atom. The van der Waals surface area contributed by atoms with Gasteiger partial charge in [-0.25, -0.2) is 9.78 Å². The minimum atomic E-state index is -0.936. The van der Waals surface area contributed by atoms with Gasteiger partial charge in [0.2, 0.25) is 5.01 Å². The first-order valence-electron chi connectivity index (χ1n) is 5.24. The van der Waals surface area contributed by atoms with Crippen molar-refractivity contribution in [3.63, 3.8) is 0 Å². The van der Waals surface area contributed by atoms with Gasteiger partial charge in [-0.1, -0.05) is 0 Å². The van der Waals surface area contributed by atoms with E-state index in [9.17, 15) is 4.79 Å². The summed E-state index contributed by atoms with van der Waals surface area (Å²) in [6, 6.07) is 0. The molecular weight excluding hydrogens is 226 g/mol. The van der Waals surface area contributed by atoms with Crippen LogP contribution in [0.1, 0.15) is 14.7 Å². The van der Waals surface area contributed by atoms with Crippen LogP contribution in [0.15, 0.2) is 6.20 Å². The van der Waals surface area contributed by atoms with Gasteiger partial charge in [-0.15, -0.1) is 11.3 Å². The van der Waals surface area contributed by atoms with E-state index in [0.29, 0.717) is 0 Å². The Bertz CT molecular complexity index is 372. The normalized spacial score (nSPS) is 18.8. The van der Waals surface area contributed by atoms with E-state index in [2.05, 4.69) is 21.8 Å². The maximum atomic E-state index is 10.7. The number of piperazine rings is 1. The Morgan fingerprint density at radius 3 is 2.75 bits per heavy atom. The topological polar surface area (TPSA) is 56.7 Å². The molecule has 0 radical (unpaired) electrons. The van der Waals surface area contributed by atoms with Crippen LogP contribution in [0.5, 0.6) is 0 Å². The molecule has 1 saturated heterocycles. The number of thiazole rings is 1. The highest BCUT2D eigenvalue weighted by Crippen LogP contribution is 2.15. The minimum Gasteiger partial charge on any atom is -0.476 e. The van der Waals surface area contributed by atoms with Gasteiger partial charge in [0.25, 0.3) is 0 Å². The standard InChI is InChI=1S/C10H15N3O2S/c1-12-2-4-13(5-3-12)7-8-6-11-9(16-8)10(14)15/h6H,2-5,7H2,1H3,(H,14,15). The average molecular weight is 241 g/mol. The van der Waals surface area contributed by atoms with Gasteiger partial charge < -0.3 is 10.0 Å². The first-order chi connectivity index (χ1) is 7.65. The summed E-state index contributed by atoms with van der Waals surface area (Å²) in [5.41, 5.74) is 0. The van der Waals surface area contributed by atoms with Crippen LogP contribution in [0.2, 0.25) is 0 Å². The van der Waals surface area contributed by atoms with E-state index in [4.69, 9.17) is 5.11 Å². The molecule has 0 saturated carbocycles. The van der Waals surface area contributed by atoms with Crippen LogP contribution in [0.4, 0.5) is 0 Å². The van der Waals surface area contributed by atoms with Gasteiger partial charge >= 0.3 is 5.97 Å². The predicted molar refractivity (Wildman–Crippen MR) is 61.8 cm³/mol. The molecule has 88 valence electrons. The molecule has 2 heterocycles. The predicted octanol–water partition coefficient (Wildman–Crippen LogP) is 0.589. The third-order valence-electron chi connectivity index (χ3n) is 2.71. The molecule has 16 heavy (non-hydrogen) atoms. The van der Waals surface area contributed by atoms with Gasteiger partial charge in [0, 0.05) is 43.8 Å². The summed E-state index contributed by atoms with van der Waals surface area (Å²) in [7, 11) is 2.12. The Hall–Kier alpha value is -0.980. The first kappa shape index (κ1) is 11.5. The van der Waals surface area contributed by atoms with Crippen molar-refractivity contribution in [2.75, 3.05) is 33.2 Å². The summed E-state index contributed by atoms with van der Waals surface area (Å²) < 4.78 is 0. The van der Waals surface area contributed by atoms with Crippen molar-refractivity contribution < 1.29 is 9.90 Å². The van der Waals surface area contributed by atoms with Crippen molar-refractivity contribution in [2.45, 2.75) is 6.54 Å². The fraction of sp³-hybridized carbons (Fsp3) is 0.600. The van der Waals surface area contributed by atoms with Crippen molar-refractivity contribution >= 4 is 17.3 Å². The zero-order chi connectivity index (χ0) is 11.5. The fourth-order valence-electron chi connectivity index (χ4n) is 1.71. The molecule has 0 atom stereocenters. The molecule has 1 fully saturated rings. The molecule has 1 aliphatic heterocycles. The smallest absolute Gasteiger partial charge is 0.365 e. The SMILES string of the molecule is CN1CCN(Cc2cnc(C(=O)O)s2)CC1. The quantitative estimate of drug-likeness (QED) is 0.839. The number of aromatic carboxylic acids is 1. The lowest BCUT2D eigenvalue weighted by atomic mass is 10.3. The van der Waals surface area contributed by atoms with Gasteiger partial charge in [0.05, 0.1) is 0 Å². The Morgan fingerprint density at radius 1 is 1.50 bits per heavy atom. The summed E-state index contributed by atoms with van der Waals surface area (Å²) in [4.78, 5) is 20.2. The van der Waals surface area contributed by atoms with Gasteiger partial charge in [0.1, 0.15) is 0 Å². The van der Waals surface area contributed by atoms with Crippen molar-refractivity contribution in [2.24, 2.45) is 0 Å². The number of hydrogen-bond acceptors (Lipinski definition) is 5. The largest absolute Gasteiger partial charge is 0.476 e. The van der Waals surface area contributed by atoms with E-state index >= 15 is 0 Å². The molecule has 1 N–H and O–H groups in total. The number of aromatic nitrogens is 1. The lowest BCUT2D eigenvalue weighted by Gasteiger charge is -2.31. The van der Waals surface area contributed by atoms with Gasteiger partial charge in [-0.3, -0.25) is 4.90 Å². The van der Waals surface area contributed by atoms with Crippen LogP contribution in [0.3, 0.4) is 0 Å². The summed E-state index contributed by atoms with van der Waals surface area (Å²) in [6.45, 7) is 5.04. The van der Waals surface area contributed by atoms with Crippen LogP contribution >= 0.6 is 11.3 Å². The molecule has 1 aliphatic rings. The van der Waals surface area contributed by atoms with Crippen LogP contribution in [0, 0.1) is 0 Å². The van der Waals surface area contributed by atoms with E-state index in [1.54, 1.807) is 6.20 Å². The van der Waals surface area contributed by atoms with E-state index in [0.717, 1.165) is 37.6 Å². The molecule has 0 spiro atoms. The molecule has 1 aromatic heterocycles. The van der Waals surface area contributed by atoms with Crippen molar-refractivity contribution in [3.05, 3.63) is 16.1 Å². The average Bonchev–Trinajstić information content (AvgIpc) is 2.70. The number of hydrogen-bond donors (Lipinski definition) is 1. The maximum absolute atomic E-state index is 10.7. The summed E-state index contributed by atoms with van der Waals surface area (Å²) >= 11 is 1.27. The van der Waals surface area contributed by atoms with Crippen LogP contribution in [-0.2, 0) is 6.54 Å². The number of rotatable bonds is 3. The maximum Gasteiger partial charge on any atom is 0.365 e. The van der Waals surface area contributed by atoms with E-state index in [1.807, 2.05) is 0 Å². The lowest BCUT2D eigenvalue weighted by Crippen LogP contribution is -2.43. The Labute approximate surface area is 98.3 Å². The molecule has 0 aromatic carbocycles. The van der Waals surface area contributed by atoms with E-state index < -0.39 is 5.97 Å². The Kier molecular flexibility index (Phi) is 3.52. The number of carboxylic acid groups (broad SMARTS) is 1. The molecule has 0 amide bonds. The minimum absolute atomic E-state index is 0.184. The highest BCUT2D eigenvalue weighted by atomic mass is 32.1. The van der Waals surface area contributed by atoms with Gasteiger partial charge in [0.15, 0.2) is 0 Å². The van der Waals surface area contributed by atoms with Crippen molar-refractivity contribution in [3.8, 4) is 0 Å². The third kappa shape index (κ3) is 2.78. The lowest BCUT2D eigenvalue weighted by molar-refractivity contribution is 0.0696. The second kappa shape index (κ2) is 4.90. The monoisotopic (exact) mass is 241 g/mol. The summed E-state index contributed by atoms with van der Waals surface area (Å²) in [6.07, 6.45) is 1.67. The summed E-state index contributed by atoms with van der Waals surface area (Å²) in [5, 5.41) is 8.95. The highest BCUT2D eigenvalue weighted by molar-refractivity contribution is 7.13. The number of carbonyl (C=O) groups is 1. The van der Waals surface area contributed by atoms with Crippen LogP contribution in [0.25, 0.3) is 0 Å². The van der Waals surface area contributed by atoms with Crippen LogP contribution < -0.4 is 0 Å². The fourth-order valence-corrected chi connectivity index (χ4v) is 2.50. The number of likely N-dealkylation sites (N-methyl/N-ethyl adjacent to an activating group) is 1. The zero-order valence-electron chi connectivity index (χ0n) is 9.22. The molecule has 6 heteroatoms. The summed E-state index contributed by atoms with van der Waals surface area (Å²) in [5.74, 6) is -0.936. The second-order valence-electron chi connectivity index (χ2n) is 4.02. The van der Waals surface area contributed by atoms with Crippen molar-refractivity contribution in [1.29, 1.82) is 0 Å². The van der Waals surface area contributed by atoms with Crippen LogP contribution in [-0.4, -0.2) is 59.1 Å². The Balaban J connectivity index is 1.91. The highest BCUT2D eigenvalue weighted by Gasteiger charge is 2.16. The molecule has 0 unspecified atom stereocenters. The zero-order valence-corrected chi connectivity index (χ0v) is 10.0. The first-order valence-corrected chi connectivity index (χ1v) is 6.05. The van der Waals surface area contributed by atoms with E-state index in [-0.39, 0.29) is 5.01 Å². The van der Waals surface area contributed by atoms with Crippen molar-refractivity contribution in [1.82, 2.24) is 14.8 Å². The van der Waals surface area contributed by atoms with Gasteiger partial charge in [-0.2, -0.15) is 0 Å².